The van der Waals surface area contributed by atoms with Crippen molar-refractivity contribution in [1.29, 1.82) is 0 Å². The Hall–Kier alpha value is -2.79. The van der Waals surface area contributed by atoms with Crippen LogP contribution in [0.4, 0.5) is 0 Å². The maximum Gasteiger partial charge on any atom is 0.175 e. The third-order valence-electron chi connectivity index (χ3n) is 3.53. The molecule has 0 unspecified atom stereocenters. The van der Waals surface area contributed by atoms with Gasteiger partial charge in [-0.15, -0.1) is 0 Å². The normalized spacial score (nSPS) is 11.2. The molecule has 3 rings (SSSR count). The van der Waals surface area contributed by atoms with Crippen LogP contribution >= 0.6 is 0 Å². The summed E-state index contributed by atoms with van der Waals surface area (Å²) in [4.78, 5) is 0.260. The summed E-state index contributed by atoms with van der Waals surface area (Å²) in [6.07, 6.45) is 1.17. The fraction of sp³-hybridized carbons (Fsp3) is 0.0526. The summed E-state index contributed by atoms with van der Waals surface area (Å²) >= 11 is 0. The molecule has 0 atom stereocenters. The van der Waals surface area contributed by atoms with Gasteiger partial charge in [-0.05, 0) is 42.0 Å². The van der Waals surface area contributed by atoms with Crippen LogP contribution in [0.5, 0.6) is 17.2 Å². The fourth-order valence-corrected chi connectivity index (χ4v) is 2.96. The van der Waals surface area contributed by atoms with Crippen LogP contribution in [0.25, 0.3) is 11.1 Å². The first kappa shape index (κ1) is 16.1. The molecule has 0 aliphatic carbocycles. The second-order valence-electron chi connectivity index (χ2n) is 5.39. The van der Waals surface area contributed by atoms with E-state index >= 15 is 0 Å². The number of sulfone groups is 1. The van der Waals surface area contributed by atoms with E-state index in [0.717, 1.165) is 11.1 Å². The molecule has 0 bridgehead atoms. The van der Waals surface area contributed by atoms with Gasteiger partial charge in [-0.1, -0.05) is 30.3 Å². The van der Waals surface area contributed by atoms with Gasteiger partial charge in [-0.3, -0.25) is 0 Å². The summed E-state index contributed by atoms with van der Waals surface area (Å²) in [5, 5.41) is 9.75. The summed E-state index contributed by atoms with van der Waals surface area (Å²) in [7, 11) is -3.24. The van der Waals surface area contributed by atoms with Crippen molar-refractivity contribution in [1.82, 2.24) is 0 Å². The lowest BCUT2D eigenvalue weighted by molar-refractivity contribution is 0.456. The molecule has 0 spiro atoms. The number of benzene rings is 3. The highest BCUT2D eigenvalue weighted by Crippen LogP contribution is 2.36. The second kappa shape index (κ2) is 6.37. The van der Waals surface area contributed by atoms with Gasteiger partial charge < -0.3 is 9.84 Å². The number of aromatic hydroxyl groups is 1. The molecule has 3 aromatic carbocycles. The maximum atomic E-state index is 11.6. The third-order valence-corrected chi connectivity index (χ3v) is 4.66. The highest BCUT2D eigenvalue weighted by atomic mass is 32.2. The van der Waals surface area contributed by atoms with Crippen LogP contribution in [0.3, 0.4) is 0 Å². The second-order valence-corrected chi connectivity index (χ2v) is 7.41. The first-order valence-electron chi connectivity index (χ1n) is 7.30. The van der Waals surface area contributed by atoms with E-state index in [0.29, 0.717) is 11.5 Å². The molecule has 0 radical (unpaired) electrons. The van der Waals surface area contributed by atoms with Crippen LogP contribution in [0.15, 0.2) is 77.7 Å². The Bertz CT molecular complexity index is 946. The van der Waals surface area contributed by atoms with Gasteiger partial charge >= 0.3 is 0 Å². The molecule has 0 aromatic heterocycles. The van der Waals surface area contributed by atoms with Crippen LogP contribution in [-0.4, -0.2) is 19.8 Å². The molecule has 0 aliphatic heterocycles. The van der Waals surface area contributed by atoms with Crippen LogP contribution in [0, 0.1) is 0 Å². The predicted octanol–water partition coefficient (Wildman–Crippen LogP) is 4.26. The molecule has 3 aromatic rings. The Balaban J connectivity index is 2.02. The summed E-state index contributed by atoms with van der Waals surface area (Å²) in [5.41, 5.74) is 1.56. The molecule has 4 nitrogen and oxygen atoms in total. The highest BCUT2D eigenvalue weighted by molar-refractivity contribution is 7.90. The lowest BCUT2D eigenvalue weighted by Crippen LogP contribution is -1.96. The van der Waals surface area contributed by atoms with E-state index in [-0.39, 0.29) is 10.6 Å². The number of hydrogen-bond acceptors (Lipinski definition) is 4. The third kappa shape index (κ3) is 3.58. The van der Waals surface area contributed by atoms with Crippen molar-refractivity contribution in [2.75, 3.05) is 6.26 Å². The van der Waals surface area contributed by atoms with Gasteiger partial charge in [-0.25, -0.2) is 8.42 Å². The minimum absolute atomic E-state index is 0.0948. The molecule has 0 fully saturated rings. The van der Waals surface area contributed by atoms with Gasteiger partial charge in [0, 0.05) is 17.9 Å². The zero-order valence-electron chi connectivity index (χ0n) is 13.0. The molecule has 0 saturated carbocycles. The number of ether oxygens (including phenoxy) is 1. The SMILES string of the molecule is CS(=O)(=O)c1ccc(-c2ccc(O)cc2Oc2ccccc2)cc1. The van der Waals surface area contributed by atoms with Crippen molar-refractivity contribution in [2.24, 2.45) is 0 Å². The maximum absolute atomic E-state index is 11.6. The minimum atomic E-state index is -3.24. The first-order chi connectivity index (χ1) is 11.4. The quantitative estimate of drug-likeness (QED) is 0.771. The molecule has 0 amide bonds. The van der Waals surface area contributed by atoms with Crippen LogP contribution in [0.2, 0.25) is 0 Å². The largest absolute Gasteiger partial charge is 0.508 e. The van der Waals surface area contributed by atoms with Crippen molar-refractivity contribution in [2.45, 2.75) is 4.90 Å². The molecule has 1 N–H and O–H groups in total. The molecule has 0 aliphatic rings. The van der Waals surface area contributed by atoms with Crippen molar-refractivity contribution in [3.8, 4) is 28.4 Å². The van der Waals surface area contributed by atoms with E-state index in [1.807, 2.05) is 30.3 Å². The van der Waals surface area contributed by atoms with Gasteiger partial charge in [0.15, 0.2) is 9.84 Å². The monoisotopic (exact) mass is 340 g/mol. The average molecular weight is 340 g/mol. The summed E-state index contributed by atoms with van der Waals surface area (Å²) in [6.45, 7) is 0. The number of rotatable bonds is 4. The van der Waals surface area contributed by atoms with Crippen molar-refractivity contribution in [3.05, 3.63) is 72.8 Å². The fourth-order valence-electron chi connectivity index (χ4n) is 2.33. The number of para-hydroxylation sites is 1. The lowest BCUT2D eigenvalue weighted by Gasteiger charge is -2.12. The van der Waals surface area contributed by atoms with E-state index in [4.69, 9.17) is 4.74 Å². The number of phenolic OH excluding ortho intramolecular Hbond substituents is 1. The van der Waals surface area contributed by atoms with Crippen LogP contribution in [0.1, 0.15) is 0 Å². The molecule has 24 heavy (non-hydrogen) atoms. The van der Waals surface area contributed by atoms with Crippen molar-refractivity contribution < 1.29 is 18.3 Å². The molecule has 0 saturated heterocycles. The van der Waals surface area contributed by atoms with Gasteiger partial charge in [0.2, 0.25) is 0 Å². The first-order valence-corrected chi connectivity index (χ1v) is 9.19. The Morgan fingerprint density at radius 1 is 0.875 bits per heavy atom. The molecule has 122 valence electrons. The summed E-state index contributed by atoms with van der Waals surface area (Å²) < 4.78 is 29.0. The van der Waals surface area contributed by atoms with E-state index in [2.05, 4.69) is 0 Å². The van der Waals surface area contributed by atoms with Gasteiger partial charge in [-0.2, -0.15) is 0 Å². The molecule has 5 heteroatoms. The van der Waals surface area contributed by atoms with Crippen molar-refractivity contribution in [3.63, 3.8) is 0 Å². The lowest BCUT2D eigenvalue weighted by atomic mass is 10.0. The Kier molecular flexibility index (Phi) is 4.27. The van der Waals surface area contributed by atoms with Crippen molar-refractivity contribution >= 4 is 9.84 Å². The van der Waals surface area contributed by atoms with E-state index < -0.39 is 9.84 Å². The predicted molar refractivity (Wildman–Crippen MR) is 93.2 cm³/mol. The molecule has 0 heterocycles. The summed E-state index contributed by atoms with van der Waals surface area (Å²) in [6, 6.07) is 20.7. The molecular weight excluding hydrogens is 324 g/mol. The Labute approximate surface area is 140 Å². The average Bonchev–Trinajstić information content (AvgIpc) is 2.55. The minimum Gasteiger partial charge on any atom is -0.508 e. The van der Waals surface area contributed by atoms with E-state index in [9.17, 15) is 13.5 Å². The number of phenols is 1. The zero-order valence-corrected chi connectivity index (χ0v) is 13.8. The van der Waals surface area contributed by atoms with Gasteiger partial charge in [0.25, 0.3) is 0 Å². The summed E-state index contributed by atoms with van der Waals surface area (Å²) in [5.74, 6) is 1.24. The van der Waals surface area contributed by atoms with Gasteiger partial charge in [0.05, 0.1) is 4.90 Å². The topological polar surface area (TPSA) is 63.6 Å². The van der Waals surface area contributed by atoms with E-state index in [1.54, 1.807) is 36.4 Å². The number of hydrogen-bond donors (Lipinski definition) is 1. The van der Waals surface area contributed by atoms with E-state index in [1.165, 1.54) is 12.3 Å². The zero-order chi connectivity index (χ0) is 17.2. The Morgan fingerprint density at radius 3 is 2.17 bits per heavy atom. The van der Waals surface area contributed by atoms with Crippen LogP contribution < -0.4 is 4.74 Å². The van der Waals surface area contributed by atoms with Crippen LogP contribution in [-0.2, 0) is 9.84 Å². The Morgan fingerprint density at radius 2 is 1.54 bits per heavy atom. The smallest absolute Gasteiger partial charge is 0.175 e. The highest BCUT2D eigenvalue weighted by Gasteiger charge is 2.11. The van der Waals surface area contributed by atoms with Gasteiger partial charge in [0.1, 0.15) is 17.2 Å². The standard InChI is InChI=1S/C19H16O4S/c1-24(21,22)17-10-7-14(8-11-17)18-12-9-15(20)13-19(18)23-16-5-3-2-4-6-16/h2-13,20H,1H3. The molecular formula is C19H16O4S.